The lowest BCUT2D eigenvalue weighted by atomic mass is 10.2. The van der Waals surface area contributed by atoms with Crippen LogP contribution in [0.2, 0.25) is 0 Å². The number of pyridine rings is 1. The van der Waals surface area contributed by atoms with Gasteiger partial charge in [0.25, 0.3) is 0 Å². The molecule has 0 aliphatic carbocycles. The maximum absolute atomic E-state index is 13.4. The quantitative estimate of drug-likeness (QED) is 0.758. The van der Waals surface area contributed by atoms with Gasteiger partial charge in [-0.15, -0.1) is 0 Å². The van der Waals surface area contributed by atoms with Crippen LogP contribution in [0.5, 0.6) is 5.75 Å². The topological polar surface area (TPSA) is 62.7 Å². The van der Waals surface area contributed by atoms with Crippen molar-refractivity contribution in [1.82, 2.24) is 14.2 Å². The Hall–Kier alpha value is -1.70. The van der Waals surface area contributed by atoms with Gasteiger partial charge in [-0.25, -0.2) is 8.42 Å². The first-order valence-electron chi connectivity index (χ1n) is 9.66. The second-order valence-corrected chi connectivity index (χ2v) is 9.25. The van der Waals surface area contributed by atoms with Crippen molar-refractivity contribution in [3.63, 3.8) is 0 Å². The Morgan fingerprint density at radius 1 is 1.15 bits per heavy atom. The van der Waals surface area contributed by atoms with Crippen LogP contribution in [0.15, 0.2) is 35.4 Å². The molecule has 2 heterocycles. The van der Waals surface area contributed by atoms with E-state index in [-0.39, 0.29) is 0 Å². The van der Waals surface area contributed by atoms with E-state index in [1.807, 2.05) is 6.92 Å². The number of nitrogens with zero attached hydrogens (tertiary/aromatic N) is 3. The average molecular weight is 392 g/mol. The summed E-state index contributed by atoms with van der Waals surface area (Å²) in [5, 5.41) is 0.617. The molecular weight excluding hydrogens is 362 g/mol. The van der Waals surface area contributed by atoms with E-state index in [4.69, 9.17) is 4.74 Å². The lowest BCUT2D eigenvalue weighted by Gasteiger charge is -2.23. The van der Waals surface area contributed by atoms with Crippen molar-refractivity contribution in [1.29, 1.82) is 0 Å². The third-order valence-corrected chi connectivity index (χ3v) is 6.74. The first kappa shape index (κ1) is 20.0. The zero-order valence-electron chi connectivity index (χ0n) is 16.4. The number of hydrogen-bond acceptors (Lipinski definition) is 5. The van der Waals surface area contributed by atoms with E-state index in [0.717, 1.165) is 26.1 Å². The van der Waals surface area contributed by atoms with Crippen molar-refractivity contribution in [3.8, 4) is 5.75 Å². The van der Waals surface area contributed by atoms with Crippen LogP contribution >= 0.6 is 0 Å². The second kappa shape index (κ2) is 8.54. The van der Waals surface area contributed by atoms with Gasteiger partial charge in [-0.1, -0.05) is 13.8 Å². The monoisotopic (exact) mass is 391 g/mol. The third-order valence-electron chi connectivity index (χ3n) is 4.78. The Balaban J connectivity index is 1.92. The summed E-state index contributed by atoms with van der Waals surface area (Å²) in [6.07, 6.45) is 2.51. The van der Waals surface area contributed by atoms with E-state index >= 15 is 0 Å². The van der Waals surface area contributed by atoms with Crippen molar-refractivity contribution in [3.05, 3.63) is 30.5 Å². The zero-order valence-corrected chi connectivity index (χ0v) is 17.2. The summed E-state index contributed by atoms with van der Waals surface area (Å²) >= 11 is 0. The summed E-state index contributed by atoms with van der Waals surface area (Å²) < 4.78 is 34.0. The Bertz CT molecular complexity index is 883. The molecule has 6 nitrogen and oxygen atoms in total. The van der Waals surface area contributed by atoms with Gasteiger partial charge in [0, 0.05) is 37.8 Å². The van der Waals surface area contributed by atoms with Crippen LogP contribution < -0.4 is 4.74 Å². The van der Waals surface area contributed by atoms with Crippen molar-refractivity contribution in [2.24, 2.45) is 5.92 Å². The summed E-state index contributed by atoms with van der Waals surface area (Å²) in [6.45, 7) is 10.6. The molecule has 1 fully saturated rings. The number of ether oxygens (including phenoxy) is 1. The molecule has 148 valence electrons. The van der Waals surface area contributed by atoms with Gasteiger partial charge in [-0.2, -0.15) is 4.31 Å². The summed E-state index contributed by atoms with van der Waals surface area (Å²) in [6, 6.07) is 6.94. The highest BCUT2D eigenvalue weighted by molar-refractivity contribution is 7.89. The molecule has 0 N–H and O–H groups in total. The SMILES string of the molecule is CCOc1ccc(S(=O)(=O)N2CCCN(CC(C)C)CC2)c2cccnc12. The summed E-state index contributed by atoms with van der Waals surface area (Å²) in [7, 11) is -3.58. The van der Waals surface area contributed by atoms with Gasteiger partial charge in [0.05, 0.1) is 11.5 Å². The average Bonchev–Trinajstić information content (AvgIpc) is 2.87. The van der Waals surface area contributed by atoms with Crippen LogP contribution in [0.4, 0.5) is 0 Å². The first-order valence-corrected chi connectivity index (χ1v) is 11.1. The Labute approximate surface area is 162 Å². The van der Waals surface area contributed by atoms with E-state index in [0.29, 0.717) is 47.2 Å². The third kappa shape index (κ3) is 4.42. The lowest BCUT2D eigenvalue weighted by molar-refractivity contribution is 0.256. The zero-order chi connectivity index (χ0) is 19.4. The molecule has 1 aromatic heterocycles. The number of sulfonamides is 1. The largest absolute Gasteiger partial charge is 0.492 e. The molecule has 0 atom stereocenters. The van der Waals surface area contributed by atoms with Gasteiger partial charge in [-0.05, 0) is 50.1 Å². The van der Waals surface area contributed by atoms with E-state index in [9.17, 15) is 8.42 Å². The highest BCUT2D eigenvalue weighted by atomic mass is 32.2. The predicted octanol–water partition coefficient (Wildman–Crippen LogP) is 2.99. The van der Waals surface area contributed by atoms with Gasteiger partial charge < -0.3 is 9.64 Å². The minimum atomic E-state index is -3.58. The molecule has 0 unspecified atom stereocenters. The van der Waals surface area contributed by atoms with Crippen LogP contribution in [-0.2, 0) is 10.0 Å². The predicted molar refractivity (Wildman–Crippen MR) is 108 cm³/mol. The lowest BCUT2D eigenvalue weighted by Crippen LogP contribution is -2.36. The van der Waals surface area contributed by atoms with Crippen molar-refractivity contribution >= 4 is 20.9 Å². The summed E-state index contributed by atoms with van der Waals surface area (Å²) in [5.41, 5.74) is 0.594. The fourth-order valence-corrected chi connectivity index (χ4v) is 5.30. The minimum Gasteiger partial charge on any atom is -0.492 e. The normalized spacial score (nSPS) is 17.3. The molecule has 2 aromatic rings. The highest BCUT2D eigenvalue weighted by Gasteiger charge is 2.29. The molecule has 1 aromatic carbocycles. The van der Waals surface area contributed by atoms with Crippen LogP contribution in [0.25, 0.3) is 10.9 Å². The molecule has 27 heavy (non-hydrogen) atoms. The fraction of sp³-hybridized carbons (Fsp3) is 0.550. The summed E-state index contributed by atoms with van der Waals surface area (Å²) in [4.78, 5) is 7.04. The Morgan fingerprint density at radius 3 is 2.70 bits per heavy atom. The molecule has 1 saturated heterocycles. The minimum absolute atomic E-state index is 0.311. The standard InChI is InChI=1S/C20H29N3O3S/c1-4-26-18-8-9-19(17-7-5-10-21-20(17)18)27(24,25)23-12-6-11-22(13-14-23)15-16(2)3/h5,7-10,16H,4,6,11-15H2,1-3H3. The van der Waals surface area contributed by atoms with Gasteiger partial charge >= 0.3 is 0 Å². The molecule has 0 spiro atoms. The molecule has 1 aliphatic heterocycles. The Kier molecular flexibility index (Phi) is 6.34. The van der Waals surface area contributed by atoms with Crippen molar-refractivity contribution in [2.45, 2.75) is 32.1 Å². The molecule has 7 heteroatoms. The summed E-state index contributed by atoms with van der Waals surface area (Å²) in [5.74, 6) is 1.19. The molecule has 0 bridgehead atoms. The first-order chi connectivity index (χ1) is 12.9. The molecular formula is C20H29N3O3S. The number of hydrogen-bond donors (Lipinski definition) is 0. The van der Waals surface area contributed by atoms with Gasteiger partial charge in [0.2, 0.25) is 10.0 Å². The number of rotatable bonds is 6. The Morgan fingerprint density at radius 2 is 1.96 bits per heavy atom. The van der Waals surface area contributed by atoms with E-state index in [2.05, 4.69) is 23.7 Å². The second-order valence-electron chi connectivity index (χ2n) is 7.35. The molecule has 3 rings (SSSR count). The van der Waals surface area contributed by atoms with E-state index < -0.39 is 10.0 Å². The van der Waals surface area contributed by atoms with Crippen LogP contribution in [0.3, 0.4) is 0 Å². The fourth-order valence-electron chi connectivity index (χ4n) is 3.64. The number of benzene rings is 1. The maximum Gasteiger partial charge on any atom is 0.243 e. The van der Waals surface area contributed by atoms with Crippen LogP contribution in [-0.4, -0.2) is 61.9 Å². The van der Waals surface area contributed by atoms with E-state index in [1.54, 1.807) is 34.8 Å². The molecule has 0 amide bonds. The van der Waals surface area contributed by atoms with Crippen molar-refractivity contribution < 1.29 is 13.2 Å². The van der Waals surface area contributed by atoms with Crippen molar-refractivity contribution in [2.75, 3.05) is 39.3 Å². The van der Waals surface area contributed by atoms with Gasteiger partial charge in [0.15, 0.2) is 0 Å². The molecule has 0 saturated carbocycles. The van der Waals surface area contributed by atoms with Gasteiger partial charge in [-0.3, -0.25) is 4.98 Å². The van der Waals surface area contributed by atoms with E-state index in [1.165, 1.54) is 0 Å². The molecule has 1 aliphatic rings. The van der Waals surface area contributed by atoms with Gasteiger partial charge in [0.1, 0.15) is 11.3 Å². The number of aromatic nitrogens is 1. The number of fused-ring (bicyclic) bond motifs is 1. The van der Waals surface area contributed by atoms with Crippen LogP contribution in [0, 0.1) is 5.92 Å². The smallest absolute Gasteiger partial charge is 0.243 e. The highest BCUT2D eigenvalue weighted by Crippen LogP contribution is 2.31. The van der Waals surface area contributed by atoms with Crippen LogP contribution in [0.1, 0.15) is 27.2 Å². The maximum atomic E-state index is 13.4. The molecule has 0 radical (unpaired) electrons.